The second-order valence-electron chi connectivity index (χ2n) is 2.77. The standard InChI is InChI=1S/C10H20/c1-3-5-7-9-10-8-6-4-2/h3-5,7-10H2,1-2H3. The number of unbranched alkanes of at least 4 members (excludes halogenated alkanes) is 7. The molecular formula is C10H20. The molecule has 0 aliphatic rings. The molecule has 60 valence electrons. The van der Waals surface area contributed by atoms with Crippen molar-refractivity contribution in [2.75, 3.05) is 0 Å². The maximum absolute atomic E-state index is 3.33. The lowest BCUT2D eigenvalue weighted by molar-refractivity contribution is 0.624. The summed E-state index contributed by atoms with van der Waals surface area (Å²) < 4.78 is 0. The predicted octanol–water partition coefficient (Wildman–Crippen LogP) is 3.84. The van der Waals surface area contributed by atoms with E-state index < -0.39 is 0 Å². The predicted molar refractivity (Wildman–Crippen MR) is 46.9 cm³/mol. The average molecular weight is 140 g/mol. The van der Waals surface area contributed by atoms with E-state index in [1.807, 2.05) is 0 Å². The van der Waals surface area contributed by atoms with Crippen molar-refractivity contribution in [2.24, 2.45) is 0 Å². The molecule has 2 radical (unpaired) electrons. The molecule has 0 amide bonds. The Labute approximate surface area is 66.0 Å². The van der Waals surface area contributed by atoms with Gasteiger partial charge in [-0.05, 0) is 19.3 Å². The van der Waals surface area contributed by atoms with Crippen LogP contribution in [0.15, 0.2) is 0 Å². The summed E-state index contributed by atoms with van der Waals surface area (Å²) in [4.78, 5) is 0. The summed E-state index contributed by atoms with van der Waals surface area (Å²) in [5.74, 6) is 0. The van der Waals surface area contributed by atoms with Gasteiger partial charge in [0.15, 0.2) is 0 Å². The summed E-state index contributed by atoms with van der Waals surface area (Å²) in [5.41, 5.74) is 0. The first-order valence-corrected chi connectivity index (χ1v) is 4.62. The van der Waals surface area contributed by atoms with Gasteiger partial charge in [0, 0.05) is 0 Å². The Balaban J connectivity index is 2.65. The second kappa shape index (κ2) is 9.00. The van der Waals surface area contributed by atoms with Crippen LogP contribution in [0.4, 0.5) is 0 Å². The van der Waals surface area contributed by atoms with E-state index >= 15 is 0 Å². The van der Waals surface area contributed by atoms with Crippen LogP contribution in [-0.2, 0) is 0 Å². The normalized spacial score (nSPS) is 10.2. The van der Waals surface area contributed by atoms with Gasteiger partial charge in [0.25, 0.3) is 0 Å². The highest BCUT2D eigenvalue weighted by Crippen LogP contribution is 2.06. The van der Waals surface area contributed by atoms with Crippen molar-refractivity contribution in [2.45, 2.75) is 58.8 Å². The molecule has 0 N–H and O–H groups in total. The molecule has 0 rings (SSSR count). The van der Waals surface area contributed by atoms with Gasteiger partial charge in [-0.1, -0.05) is 46.0 Å². The fraction of sp³-hybridized carbons (Fsp3) is 0.900. The van der Waals surface area contributed by atoms with Crippen LogP contribution in [0.3, 0.4) is 0 Å². The second-order valence-corrected chi connectivity index (χ2v) is 2.77. The first kappa shape index (κ1) is 10.0. The van der Waals surface area contributed by atoms with E-state index in [-0.39, 0.29) is 0 Å². The molecule has 0 unspecified atom stereocenters. The first-order valence-electron chi connectivity index (χ1n) is 4.62. The molecule has 0 aromatic heterocycles. The van der Waals surface area contributed by atoms with Crippen LogP contribution in [0.2, 0.25) is 0 Å². The minimum atomic E-state index is 1.12. The lowest BCUT2D eigenvalue weighted by Crippen LogP contribution is -1.78. The van der Waals surface area contributed by atoms with Crippen molar-refractivity contribution in [3.63, 3.8) is 0 Å². The van der Waals surface area contributed by atoms with Crippen molar-refractivity contribution in [3.8, 4) is 0 Å². The van der Waals surface area contributed by atoms with Crippen molar-refractivity contribution in [1.29, 1.82) is 0 Å². The first-order chi connectivity index (χ1) is 4.91. The lowest BCUT2D eigenvalue weighted by atomic mass is 10.1. The van der Waals surface area contributed by atoms with Gasteiger partial charge in [-0.15, -0.1) is 0 Å². The molecule has 0 saturated carbocycles. The van der Waals surface area contributed by atoms with Crippen LogP contribution in [0.25, 0.3) is 0 Å². The van der Waals surface area contributed by atoms with E-state index in [1.165, 1.54) is 38.5 Å². The van der Waals surface area contributed by atoms with Crippen LogP contribution in [0.5, 0.6) is 0 Å². The van der Waals surface area contributed by atoms with Crippen LogP contribution in [0, 0.1) is 6.42 Å². The molecular weight excluding hydrogens is 120 g/mol. The highest BCUT2D eigenvalue weighted by atomic mass is 13.9. The van der Waals surface area contributed by atoms with Gasteiger partial charge in [0.05, 0.1) is 0 Å². The summed E-state index contributed by atoms with van der Waals surface area (Å²) in [6.45, 7) is 4.41. The molecule has 0 aliphatic heterocycles. The number of hydrogen-bond donors (Lipinski definition) is 0. The van der Waals surface area contributed by atoms with Crippen molar-refractivity contribution in [1.82, 2.24) is 0 Å². The number of hydrogen-bond acceptors (Lipinski definition) is 0. The molecule has 0 aromatic rings. The Hall–Kier alpha value is 0. The monoisotopic (exact) mass is 140 g/mol. The Bertz CT molecular complexity index is 40.0. The quantitative estimate of drug-likeness (QED) is 0.471. The zero-order valence-corrected chi connectivity index (χ0v) is 7.45. The van der Waals surface area contributed by atoms with Crippen LogP contribution < -0.4 is 0 Å². The molecule has 0 aliphatic carbocycles. The largest absolute Gasteiger partial charge is 0.0654 e. The lowest BCUT2D eigenvalue weighted by Gasteiger charge is -1.97. The SMILES string of the molecule is CC[C]CCCCCCC. The third kappa shape index (κ3) is 8.00. The number of rotatable bonds is 7. The van der Waals surface area contributed by atoms with Gasteiger partial charge >= 0.3 is 0 Å². The smallest absolute Gasteiger partial charge is 0.0176 e. The Kier molecular flexibility index (Phi) is 9.00. The van der Waals surface area contributed by atoms with E-state index in [4.69, 9.17) is 0 Å². The fourth-order valence-corrected chi connectivity index (χ4v) is 1.03. The molecule has 0 atom stereocenters. The summed E-state index contributed by atoms with van der Waals surface area (Å²) >= 11 is 0. The molecule has 0 fully saturated rings. The van der Waals surface area contributed by atoms with Crippen molar-refractivity contribution < 1.29 is 0 Å². The Morgan fingerprint density at radius 2 is 1.60 bits per heavy atom. The van der Waals surface area contributed by atoms with Gasteiger partial charge in [-0.3, -0.25) is 0 Å². The third-order valence-corrected chi connectivity index (χ3v) is 1.71. The summed E-state index contributed by atoms with van der Waals surface area (Å²) in [7, 11) is 0. The van der Waals surface area contributed by atoms with Crippen LogP contribution >= 0.6 is 0 Å². The minimum absolute atomic E-state index is 1.12. The van der Waals surface area contributed by atoms with E-state index in [9.17, 15) is 0 Å². The molecule has 0 bridgehead atoms. The van der Waals surface area contributed by atoms with Gasteiger partial charge in [-0.25, -0.2) is 0 Å². The van der Waals surface area contributed by atoms with Crippen molar-refractivity contribution in [3.05, 3.63) is 6.42 Å². The Morgan fingerprint density at radius 1 is 0.900 bits per heavy atom. The maximum atomic E-state index is 3.33. The Morgan fingerprint density at radius 3 is 2.20 bits per heavy atom. The highest BCUT2D eigenvalue weighted by Gasteiger charge is 1.88. The topological polar surface area (TPSA) is 0 Å². The maximum Gasteiger partial charge on any atom is -0.0176 e. The van der Waals surface area contributed by atoms with E-state index in [2.05, 4.69) is 20.3 Å². The molecule has 0 nitrogen and oxygen atoms in total. The van der Waals surface area contributed by atoms with E-state index in [0.717, 1.165) is 6.42 Å². The molecule has 0 aromatic carbocycles. The van der Waals surface area contributed by atoms with E-state index in [0.29, 0.717) is 0 Å². The average Bonchev–Trinajstić information content (AvgIpc) is 1.97. The molecule has 0 spiro atoms. The zero-order chi connectivity index (χ0) is 7.66. The van der Waals surface area contributed by atoms with Gasteiger partial charge in [0.1, 0.15) is 0 Å². The summed E-state index contributed by atoms with van der Waals surface area (Å²) in [6.07, 6.45) is 12.6. The minimum Gasteiger partial charge on any atom is -0.0654 e. The van der Waals surface area contributed by atoms with Gasteiger partial charge in [-0.2, -0.15) is 0 Å². The summed E-state index contributed by atoms with van der Waals surface area (Å²) in [6, 6.07) is 0. The van der Waals surface area contributed by atoms with Crippen molar-refractivity contribution >= 4 is 0 Å². The fourth-order valence-electron chi connectivity index (χ4n) is 1.03. The van der Waals surface area contributed by atoms with Crippen LogP contribution in [-0.4, -0.2) is 0 Å². The molecule has 0 heteroatoms. The third-order valence-electron chi connectivity index (χ3n) is 1.71. The molecule has 0 saturated heterocycles. The van der Waals surface area contributed by atoms with Gasteiger partial charge in [0.2, 0.25) is 0 Å². The van der Waals surface area contributed by atoms with Crippen LogP contribution in [0.1, 0.15) is 58.8 Å². The van der Waals surface area contributed by atoms with Gasteiger partial charge < -0.3 is 0 Å². The summed E-state index contributed by atoms with van der Waals surface area (Å²) in [5, 5.41) is 0. The highest BCUT2D eigenvalue weighted by molar-refractivity contribution is 4.60. The molecule has 0 heterocycles. The zero-order valence-electron chi connectivity index (χ0n) is 7.45. The van der Waals surface area contributed by atoms with E-state index in [1.54, 1.807) is 0 Å². The molecule has 10 heavy (non-hydrogen) atoms.